The number of anilines is 3. The third-order valence-corrected chi connectivity index (χ3v) is 7.53. The van der Waals surface area contributed by atoms with Crippen LogP contribution in [0.2, 0.25) is 10.0 Å². The van der Waals surface area contributed by atoms with Crippen molar-refractivity contribution in [2.75, 3.05) is 10.6 Å². The van der Waals surface area contributed by atoms with Gasteiger partial charge in [0.25, 0.3) is 0 Å². The Bertz CT molecular complexity index is 1240. The molecule has 186 valence electrons. The van der Waals surface area contributed by atoms with E-state index in [4.69, 9.17) is 33.9 Å². The van der Waals surface area contributed by atoms with Gasteiger partial charge in [-0.05, 0) is 57.1 Å². The monoisotopic (exact) mass is 521 g/mol. The first kappa shape index (κ1) is 24.0. The van der Waals surface area contributed by atoms with Gasteiger partial charge in [-0.15, -0.1) is 0 Å². The quantitative estimate of drug-likeness (QED) is 0.373. The number of rotatable bonds is 6. The number of amides is 1. The van der Waals surface area contributed by atoms with Crippen molar-refractivity contribution in [3.05, 3.63) is 34.2 Å². The molecule has 35 heavy (non-hydrogen) atoms. The van der Waals surface area contributed by atoms with Gasteiger partial charge in [-0.25, -0.2) is 14.4 Å². The zero-order chi connectivity index (χ0) is 24.7. The highest BCUT2D eigenvalue weighted by Gasteiger charge is 2.30. The Morgan fingerprint density at radius 2 is 1.83 bits per heavy atom. The highest BCUT2D eigenvalue weighted by atomic mass is 35.5. The minimum Gasteiger partial charge on any atom is -0.391 e. The van der Waals surface area contributed by atoms with Crippen LogP contribution in [0.4, 0.5) is 22.0 Å². The summed E-state index contributed by atoms with van der Waals surface area (Å²) >= 11 is 12.5. The lowest BCUT2D eigenvalue weighted by atomic mass is 9.85. The molecular formula is C23H26Cl2FN7O2. The molecule has 0 aliphatic heterocycles. The highest BCUT2D eigenvalue weighted by Crippen LogP contribution is 2.39. The number of imidazole rings is 1. The van der Waals surface area contributed by atoms with E-state index in [0.717, 1.165) is 19.3 Å². The SMILES string of the molecule is NC(=O)[C@H]1CC[C@H](n2c(Nc3c(Cl)cc(F)cc3Cl)nc3cnc(N[C@@H]4CCC[C@H]4O)nc32)CC1. The summed E-state index contributed by atoms with van der Waals surface area (Å²) in [6.45, 7) is 0. The number of nitrogens with two attached hydrogens (primary N) is 1. The maximum Gasteiger partial charge on any atom is 0.225 e. The number of aromatic nitrogens is 4. The van der Waals surface area contributed by atoms with E-state index >= 15 is 0 Å². The average molecular weight is 522 g/mol. The number of aliphatic hydroxyl groups is 1. The lowest BCUT2D eigenvalue weighted by Gasteiger charge is -2.29. The molecule has 0 saturated heterocycles. The number of benzene rings is 1. The summed E-state index contributed by atoms with van der Waals surface area (Å²) in [6.07, 6.45) is 6.42. The van der Waals surface area contributed by atoms with E-state index < -0.39 is 11.9 Å². The number of halogens is 3. The fraction of sp³-hybridized carbons (Fsp3) is 0.478. The normalized spacial score (nSPS) is 24.6. The van der Waals surface area contributed by atoms with Crippen LogP contribution in [0.15, 0.2) is 18.3 Å². The molecule has 0 bridgehead atoms. The van der Waals surface area contributed by atoms with Crippen LogP contribution < -0.4 is 16.4 Å². The third kappa shape index (κ3) is 4.87. The summed E-state index contributed by atoms with van der Waals surface area (Å²) in [5, 5.41) is 16.8. The fourth-order valence-corrected chi connectivity index (χ4v) is 5.62. The van der Waals surface area contributed by atoms with E-state index in [0.29, 0.717) is 54.4 Å². The molecule has 2 saturated carbocycles. The first-order valence-electron chi connectivity index (χ1n) is 11.7. The summed E-state index contributed by atoms with van der Waals surface area (Å²) in [6, 6.07) is 2.23. The number of primary amides is 1. The summed E-state index contributed by atoms with van der Waals surface area (Å²) in [4.78, 5) is 25.5. The van der Waals surface area contributed by atoms with Crippen LogP contribution in [0.25, 0.3) is 11.2 Å². The van der Waals surface area contributed by atoms with E-state index in [-0.39, 0.29) is 34.0 Å². The molecular weight excluding hydrogens is 496 g/mol. The van der Waals surface area contributed by atoms with Gasteiger partial charge in [-0.2, -0.15) is 4.98 Å². The molecule has 3 aromatic rings. The second kappa shape index (κ2) is 9.75. The molecule has 5 rings (SSSR count). The molecule has 0 radical (unpaired) electrons. The van der Waals surface area contributed by atoms with Crippen molar-refractivity contribution in [1.29, 1.82) is 0 Å². The van der Waals surface area contributed by atoms with Crippen LogP contribution in [-0.4, -0.2) is 42.7 Å². The number of nitrogens with one attached hydrogen (secondary N) is 2. The van der Waals surface area contributed by atoms with E-state index in [1.54, 1.807) is 6.20 Å². The van der Waals surface area contributed by atoms with Crippen LogP contribution in [0.1, 0.15) is 51.0 Å². The third-order valence-electron chi connectivity index (χ3n) is 6.93. The van der Waals surface area contributed by atoms with Gasteiger partial charge in [-0.3, -0.25) is 9.36 Å². The summed E-state index contributed by atoms with van der Waals surface area (Å²) in [5.74, 6) is -0.148. The van der Waals surface area contributed by atoms with Crippen molar-refractivity contribution < 1.29 is 14.3 Å². The van der Waals surface area contributed by atoms with E-state index in [9.17, 15) is 14.3 Å². The Kier molecular flexibility index (Phi) is 6.69. The van der Waals surface area contributed by atoms with Gasteiger partial charge in [0.2, 0.25) is 17.8 Å². The number of hydrogen-bond donors (Lipinski definition) is 4. The van der Waals surface area contributed by atoms with Gasteiger partial charge in [0.15, 0.2) is 5.65 Å². The second-order valence-electron chi connectivity index (χ2n) is 9.23. The Morgan fingerprint density at radius 1 is 1.11 bits per heavy atom. The van der Waals surface area contributed by atoms with Crippen molar-refractivity contribution in [1.82, 2.24) is 19.5 Å². The topological polar surface area (TPSA) is 131 Å². The second-order valence-corrected chi connectivity index (χ2v) is 10.0. The highest BCUT2D eigenvalue weighted by molar-refractivity contribution is 6.39. The van der Waals surface area contributed by atoms with Gasteiger partial charge in [0.1, 0.15) is 11.3 Å². The molecule has 0 unspecified atom stereocenters. The van der Waals surface area contributed by atoms with Crippen LogP contribution in [0.5, 0.6) is 0 Å². The molecule has 2 fully saturated rings. The van der Waals surface area contributed by atoms with Gasteiger partial charge >= 0.3 is 0 Å². The van der Waals surface area contributed by atoms with Crippen LogP contribution in [-0.2, 0) is 4.79 Å². The number of hydrogen-bond acceptors (Lipinski definition) is 7. The Balaban J connectivity index is 1.54. The Hall–Kier alpha value is -2.69. The average Bonchev–Trinajstić information content (AvgIpc) is 3.38. The van der Waals surface area contributed by atoms with Crippen molar-refractivity contribution >= 4 is 57.9 Å². The lowest BCUT2D eigenvalue weighted by molar-refractivity contribution is -0.122. The largest absolute Gasteiger partial charge is 0.391 e. The first-order chi connectivity index (χ1) is 16.8. The summed E-state index contributed by atoms with van der Waals surface area (Å²) in [5.41, 5.74) is 7.00. The van der Waals surface area contributed by atoms with Gasteiger partial charge < -0.3 is 21.5 Å². The molecule has 2 heterocycles. The maximum atomic E-state index is 13.7. The predicted molar refractivity (Wildman–Crippen MR) is 132 cm³/mol. The summed E-state index contributed by atoms with van der Waals surface area (Å²) < 4.78 is 15.7. The van der Waals surface area contributed by atoms with Gasteiger partial charge in [0, 0.05) is 12.0 Å². The molecule has 5 N–H and O–H groups in total. The maximum absolute atomic E-state index is 13.7. The van der Waals surface area contributed by atoms with Crippen molar-refractivity contribution in [3.8, 4) is 0 Å². The molecule has 2 aliphatic carbocycles. The number of fused-ring (bicyclic) bond motifs is 1. The minimum absolute atomic E-state index is 0.0177. The molecule has 12 heteroatoms. The lowest BCUT2D eigenvalue weighted by Crippen LogP contribution is -2.29. The molecule has 2 atom stereocenters. The Morgan fingerprint density at radius 3 is 2.46 bits per heavy atom. The van der Waals surface area contributed by atoms with Gasteiger partial charge in [0.05, 0.1) is 34.1 Å². The first-order valence-corrected chi connectivity index (χ1v) is 12.5. The van der Waals surface area contributed by atoms with E-state index in [1.165, 1.54) is 12.1 Å². The van der Waals surface area contributed by atoms with E-state index in [1.807, 2.05) is 4.57 Å². The number of carbonyl (C=O) groups excluding carboxylic acids is 1. The smallest absolute Gasteiger partial charge is 0.225 e. The van der Waals surface area contributed by atoms with E-state index in [2.05, 4.69) is 20.6 Å². The molecule has 2 aromatic heterocycles. The zero-order valence-electron chi connectivity index (χ0n) is 18.8. The van der Waals surface area contributed by atoms with Crippen LogP contribution in [0.3, 0.4) is 0 Å². The molecule has 0 spiro atoms. The molecule has 2 aliphatic rings. The zero-order valence-corrected chi connectivity index (χ0v) is 20.4. The molecule has 9 nitrogen and oxygen atoms in total. The number of carbonyl (C=O) groups is 1. The minimum atomic E-state index is -0.542. The molecule has 1 aromatic carbocycles. The van der Waals surface area contributed by atoms with Gasteiger partial charge in [-0.1, -0.05) is 23.2 Å². The fourth-order valence-electron chi connectivity index (χ4n) is 5.06. The number of aliphatic hydroxyl groups excluding tert-OH is 1. The van der Waals surface area contributed by atoms with Crippen molar-refractivity contribution in [2.24, 2.45) is 11.7 Å². The Labute approximate surface area is 211 Å². The standard InChI is InChI=1S/C23H26Cl2FN7O2/c24-14-8-12(26)9-15(25)19(14)31-23-30-17-10-28-22(29-16-2-1-3-18(16)34)32-21(17)33(23)13-6-4-11(5-7-13)20(27)35/h8-11,13,16,18,34H,1-7H2,(H2,27,35)(H,30,31)(H,28,29,32)/t11-,13-,16-,18-/m1/s1. The molecule has 1 amide bonds. The predicted octanol–water partition coefficient (Wildman–Crippen LogP) is 4.56. The van der Waals surface area contributed by atoms with Crippen molar-refractivity contribution in [2.45, 2.75) is 63.1 Å². The van der Waals surface area contributed by atoms with Crippen LogP contribution in [0, 0.1) is 11.7 Å². The van der Waals surface area contributed by atoms with Crippen LogP contribution >= 0.6 is 23.2 Å². The number of nitrogens with zero attached hydrogens (tertiary/aromatic N) is 4. The van der Waals surface area contributed by atoms with Crippen molar-refractivity contribution in [3.63, 3.8) is 0 Å². The summed E-state index contributed by atoms with van der Waals surface area (Å²) in [7, 11) is 0.